The van der Waals surface area contributed by atoms with Gasteiger partial charge in [0.1, 0.15) is 0 Å². The number of hydrogen-bond acceptors (Lipinski definition) is 3. The average molecular weight is 332 g/mol. The van der Waals surface area contributed by atoms with Crippen LogP contribution < -0.4 is 4.72 Å². The second-order valence-electron chi connectivity index (χ2n) is 4.04. The van der Waals surface area contributed by atoms with E-state index in [0.29, 0.717) is 6.07 Å². The Balaban J connectivity index is 2.98. The molecule has 114 valence electrons. The summed E-state index contributed by atoms with van der Waals surface area (Å²) >= 11 is 5.49. The molecule has 20 heavy (non-hydrogen) atoms. The van der Waals surface area contributed by atoms with Crippen LogP contribution in [0.1, 0.15) is 18.4 Å². The molecule has 0 saturated carbocycles. The van der Waals surface area contributed by atoms with E-state index in [1.807, 2.05) is 4.72 Å². The maximum Gasteiger partial charge on any atom is 0.418 e. The Bertz CT molecular complexity index is 561. The van der Waals surface area contributed by atoms with Gasteiger partial charge in [0.15, 0.2) is 0 Å². The van der Waals surface area contributed by atoms with Gasteiger partial charge < -0.3 is 5.11 Å². The lowest BCUT2D eigenvalue weighted by Crippen LogP contribution is -2.20. The molecule has 0 saturated heterocycles. The van der Waals surface area contributed by atoms with Crippen molar-refractivity contribution in [1.82, 2.24) is 0 Å². The van der Waals surface area contributed by atoms with E-state index in [4.69, 9.17) is 16.7 Å². The molecule has 4 nitrogen and oxygen atoms in total. The zero-order valence-corrected chi connectivity index (χ0v) is 11.8. The van der Waals surface area contributed by atoms with E-state index in [1.165, 1.54) is 6.07 Å². The van der Waals surface area contributed by atoms with Crippen LogP contribution in [0.3, 0.4) is 0 Å². The summed E-state index contributed by atoms with van der Waals surface area (Å²) in [4.78, 5) is 0. The first kappa shape index (κ1) is 17.1. The second kappa shape index (κ2) is 6.64. The van der Waals surface area contributed by atoms with E-state index >= 15 is 0 Å². The monoisotopic (exact) mass is 331 g/mol. The first-order valence-corrected chi connectivity index (χ1v) is 7.67. The maximum atomic E-state index is 12.8. The van der Waals surface area contributed by atoms with Crippen LogP contribution in [-0.4, -0.2) is 25.9 Å². The largest absolute Gasteiger partial charge is 0.418 e. The molecular weight excluding hydrogens is 319 g/mol. The third-order valence-corrected chi connectivity index (χ3v) is 3.97. The molecule has 0 aliphatic rings. The van der Waals surface area contributed by atoms with Gasteiger partial charge in [-0.15, -0.1) is 0 Å². The molecule has 0 aliphatic heterocycles. The summed E-state index contributed by atoms with van der Waals surface area (Å²) in [5.41, 5.74) is -1.71. The molecule has 1 aromatic carbocycles. The number of aliphatic hydroxyl groups is 1. The predicted octanol–water partition coefficient (Wildman–Crippen LogP) is 2.87. The van der Waals surface area contributed by atoms with Crippen molar-refractivity contribution in [2.75, 3.05) is 17.1 Å². The minimum Gasteiger partial charge on any atom is -0.396 e. The van der Waals surface area contributed by atoms with Crippen LogP contribution in [0.15, 0.2) is 18.2 Å². The van der Waals surface area contributed by atoms with E-state index < -0.39 is 27.5 Å². The topological polar surface area (TPSA) is 66.4 Å². The zero-order chi connectivity index (χ0) is 15.4. The van der Waals surface area contributed by atoms with E-state index in [9.17, 15) is 21.6 Å². The number of anilines is 1. The highest BCUT2D eigenvalue weighted by atomic mass is 35.5. The van der Waals surface area contributed by atoms with Gasteiger partial charge in [0.05, 0.1) is 17.0 Å². The number of benzene rings is 1. The number of halogens is 4. The van der Waals surface area contributed by atoms with Gasteiger partial charge in [-0.25, -0.2) is 8.42 Å². The van der Waals surface area contributed by atoms with Crippen LogP contribution in [0.4, 0.5) is 18.9 Å². The first-order chi connectivity index (χ1) is 9.15. The molecule has 0 unspecified atom stereocenters. The summed E-state index contributed by atoms with van der Waals surface area (Å²) in [5.74, 6) is -0.368. The molecule has 2 N–H and O–H groups in total. The molecular formula is C11H13ClF3NO3S. The Morgan fingerprint density at radius 1 is 1.25 bits per heavy atom. The van der Waals surface area contributed by atoms with Crippen LogP contribution in [-0.2, 0) is 16.2 Å². The Kier molecular flexibility index (Phi) is 5.67. The Hall–Kier alpha value is -0.990. The molecule has 0 heterocycles. The summed E-state index contributed by atoms with van der Waals surface area (Å²) < 4.78 is 63.5. The number of hydrogen-bond donors (Lipinski definition) is 2. The lowest BCUT2D eigenvalue weighted by atomic mass is 10.2. The SMILES string of the molecule is O=S(=O)(CCCCO)Nc1ccc(Cl)cc1C(F)(F)F. The summed E-state index contributed by atoms with van der Waals surface area (Å²) in [7, 11) is -3.91. The number of nitrogens with one attached hydrogen (secondary N) is 1. The molecule has 0 aliphatic carbocycles. The van der Waals surface area contributed by atoms with E-state index in [2.05, 4.69) is 0 Å². The normalized spacial score (nSPS) is 12.4. The minimum absolute atomic E-state index is 0.138. The van der Waals surface area contributed by atoms with E-state index in [1.54, 1.807) is 0 Å². The van der Waals surface area contributed by atoms with Crippen molar-refractivity contribution < 1.29 is 26.7 Å². The number of aliphatic hydroxyl groups excluding tert-OH is 1. The fourth-order valence-electron chi connectivity index (χ4n) is 1.46. The molecule has 0 aromatic heterocycles. The first-order valence-electron chi connectivity index (χ1n) is 5.64. The standard InChI is InChI=1S/C11H13ClF3NO3S/c12-8-3-4-10(9(7-8)11(13,14)15)16-20(18,19)6-2-1-5-17/h3-4,7,16-17H,1-2,5-6H2. The lowest BCUT2D eigenvalue weighted by molar-refractivity contribution is -0.136. The summed E-state index contributed by atoms with van der Waals surface area (Å²) in [6, 6.07) is 2.80. The van der Waals surface area contributed by atoms with Gasteiger partial charge in [-0.2, -0.15) is 13.2 Å². The Morgan fingerprint density at radius 3 is 2.45 bits per heavy atom. The molecule has 9 heteroatoms. The fraction of sp³-hybridized carbons (Fsp3) is 0.455. The van der Waals surface area contributed by atoms with Crippen LogP contribution in [0.5, 0.6) is 0 Å². The van der Waals surface area contributed by atoms with Gasteiger partial charge in [0, 0.05) is 11.6 Å². The van der Waals surface area contributed by atoms with Crippen molar-refractivity contribution in [1.29, 1.82) is 0 Å². The van der Waals surface area contributed by atoms with E-state index in [-0.39, 0.29) is 30.2 Å². The van der Waals surface area contributed by atoms with Crippen molar-refractivity contribution in [3.8, 4) is 0 Å². The van der Waals surface area contributed by atoms with Crippen molar-refractivity contribution >= 4 is 27.3 Å². The molecule has 0 amide bonds. The smallest absolute Gasteiger partial charge is 0.396 e. The molecule has 1 rings (SSSR count). The van der Waals surface area contributed by atoms with Gasteiger partial charge in [0.25, 0.3) is 0 Å². The van der Waals surface area contributed by atoms with Crippen molar-refractivity contribution in [2.45, 2.75) is 19.0 Å². The maximum absolute atomic E-state index is 12.8. The summed E-state index contributed by atoms with van der Waals surface area (Å²) in [6.45, 7) is -0.176. The molecule has 0 atom stereocenters. The molecule has 0 fully saturated rings. The third kappa shape index (κ3) is 5.18. The van der Waals surface area contributed by atoms with Crippen molar-refractivity contribution in [3.63, 3.8) is 0 Å². The van der Waals surface area contributed by atoms with Gasteiger partial charge in [-0.1, -0.05) is 11.6 Å². The number of sulfonamides is 1. The summed E-state index contributed by atoms with van der Waals surface area (Å²) in [6.07, 6.45) is -4.30. The predicted molar refractivity (Wildman–Crippen MR) is 70.2 cm³/mol. The van der Waals surface area contributed by atoms with Crippen molar-refractivity contribution in [2.24, 2.45) is 0 Å². The van der Waals surface area contributed by atoms with Gasteiger partial charge in [-0.05, 0) is 31.0 Å². The number of unbranched alkanes of at least 4 members (excludes halogenated alkanes) is 1. The van der Waals surface area contributed by atoms with Crippen LogP contribution in [0.2, 0.25) is 5.02 Å². The van der Waals surface area contributed by atoms with E-state index in [0.717, 1.165) is 6.07 Å². The highest BCUT2D eigenvalue weighted by molar-refractivity contribution is 7.92. The molecule has 0 radical (unpaired) electrons. The fourth-order valence-corrected chi connectivity index (χ4v) is 2.83. The molecule has 0 spiro atoms. The number of alkyl halides is 3. The van der Waals surface area contributed by atoms with Crippen molar-refractivity contribution in [3.05, 3.63) is 28.8 Å². The Labute approximate surface area is 119 Å². The summed E-state index contributed by atoms with van der Waals surface area (Å²) in [5, 5.41) is 8.42. The molecule has 1 aromatic rings. The second-order valence-corrected chi connectivity index (χ2v) is 6.32. The van der Waals surface area contributed by atoms with Gasteiger partial charge >= 0.3 is 6.18 Å². The average Bonchev–Trinajstić information content (AvgIpc) is 2.30. The van der Waals surface area contributed by atoms with Crippen LogP contribution >= 0.6 is 11.6 Å². The Morgan fingerprint density at radius 2 is 1.90 bits per heavy atom. The molecule has 0 bridgehead atoms. The highest BCUT2D eigenvalue weighted by Gasteiger charge is 2.34. The zero-order valence-electron chi connectivity index (χ0n) is 10.2. The van der Waals surface area contributed by atoms with Crippen LogP contribution in [0.25, 0.3) is 0 Å². The lowest BCUT2D eigenvalue weighted by Gasteiger charge is -2.15. The minimum atomic E-state index is -4.71. The van der Waals surface area contributed by atoms with Crippen LogP contribution in [0, 0.1) is 0 Å². The van der Waals surface area contributed by atoms with Gasteiger partial charge in [-0.3, -0.25) is 4.72 Å². The quantitative estimate of drug-likeness (QED) is 0.788. The third-order valence-electron chi connectivity index (χ3n) is 2.37. The number of rotatable bonds is 6. The highest BCUT2D eigenvalue weighted by Crippen LogP contribution is 2.36. The van der Waals surface area contributed by atoms with Gasteiger partial charge in [0.2, 0.25) is 10.0 Å².